The molecule has 1 aromatic heterocycles. The Hall–Kier alpha value is -2.01. The van der Waals surface area contributed by atoms with Crippen molar-refractivity contribution in [2.45, 2.75) is 72.6 Å². The van der Waals surface area contributed by atoms with Gasteiger partial charge >= 0.3 is 0 Å². The molecule has 0 bridgehead atoms. The molecule has 1 heterocycles. The molecule has 0 aromatic carbocycles. The molecule has 2 saturated carbocycles. The van der Waals surface area contributed by atoms with E-state index in [0.29, 0.717) is 25.4 Å². The minimum Gasteiger partial charge on any atom is -0.472 e. The van der Waals surface area contributed by atoms with Crippen LogP contribution >= 0.6 is 0 Å². The van der Waals surface area contributed by atoms with Crippen molar-refractivity contribution in [2.24, 2.45) is 44.2 Å². The molecule has 4 rings (SSSR count). The Bertz CT molecular complexity index is 962. The molecule has 0 amide bonds. The molecule has 2 N–H and O–H groups in total. The van der Waals surface area contributed by atoms with Crippen LogP contribution < -0.4 is 5.73 Å². The highest BCUT2D eigenvalue weighted by Crippen LogP contribution is 2.68. The van der Waals surface area contributed by atoms with Gasteiger partial charge in [-0.25, -0.2) is 0 Å². The Morgan fingerprint density at radius 3 is 2.61 bits per heavy atom. The van der Waals surface area contributed by atoms with Crippen molar-refractivity contribution in [1.29, 1.82) is 0 Å². The molecule has 3 aliphatic rings. The van der Waals surface area contributed by atoms with Crippen molar-refractivity contribution in [2.75, 3.05) is 13.1 Å². The van der Waals surface area contributed by atoms with E-state index in [1.165, 1.54) is 11.1 Å². The number of nitrogens with two attached hydrogens (primary N) is 1. The summed E-state index contributed by atoms with van der Waals surface area (Å²) in [5, 5.41) is 0. The summed E-state index contributed by atoms with van der Waals surface area (Å²) >= 11 is 0. The number of furan rings is 1. The minimum atomic E-state index is -0.645. The maximum Gasteiger partial charge on any atom is 0.139 e. The standard InChI is InChI=1S/C28H40N2O3/c1-25(2)23(16-31)27(4,12-9-24(25)32)22-8-11-26(3)20(19-10-15-33-17-19)6-7-21(26)28(22,5)18-30-14-13-29/h7,10,15-18,20,22-23H,6,8-9,11-14,29H2,1-5H3/t20-,22+,23-,26-,27+,28-/m0/s1. The number of fused-ring (bicyclic) bond motifs is 1. The molecule has 3 aliphatic carbocycles. The topological polar surface area (TPSA) is 85.7 Å². The Morgan fingerprint density at radius 1 is 1.21 bits per heavy atom. The van der Waals surface area contributed by atoms with Crippen LogP contribution in [0.2, 0.25) is 0 Å². The summed E-state index contributed by atoms with van der Waals surface area (Å²) in [4.78, 5) is 30.1. The Labute approximate surface area is 198 Å². The van der Waals surface area contributed by atoms with Crippen LogP contribution in [0.25, 0.3) is 0 Å². The first-order chi connectivity index (χ1) is 15.6. The predicted molar refractivity (Wildman–Crippen MR) is 131 cm³/mol. The third-order valence-electron chi connectivity index (χ3n) is 9.79. The number of allylic oxidation sites excluding steroid dienone is 2. The highest BCUT2D eigenvalue weighted by Gasteiger charge is 2.62. The van der Waals surface area contributed by atoms with Crippen molar-refractivity contribution in [3.8, 4) is 0 Å². The van der Waals surface area contributed by atoms with Crippen LogP contribution in [0.3, 0.4) is 0 Å². The molecular formula is C28H40N2O3. The van der Waals surface area contributed by atoms with Crippen LogP contribution in [-0.4, -0.2) is 31.4 Å². The summed E-state index contributed by atoms with van der Waals surface area (Å²) in [5.74, 6) is 0.496. The number of Topliss-reactive ketones (excluding diaryl/α,β-unsaturated/α-hetero) is 1. The Balaban J connectivity index is 1.80. The maximum atomic E-state index is 12.8. The fourth-order valence-corrected chi connectivity index (χ4v) is 8.05. The van der Waals surface area contributed by atoms with Gasteiger partial charge in [-0.3, -0.25) is 9.79 Å². The summed E-state index contributed by atoms with van der Waals surface area (Å²) < 4.78 is 5.44. The summed E-state index contributed by atoms with van der Waals surface area (Å²) in [6.45, 7) is 12.0. The molecule has 6 atom stereocenters. The van der Waals surface area contributed by atoms with Crippen LogP contribution in [-0.2, 0) is 9.59 Å². The van der Waals surface area contributed by atoms with Crippen molar-refractivity contribution in [3.05, 3.63) is 35.8 Å². The molecule has 0 aliphatic heterocycles. The number of ketones is 1. The van der Waals surface area contributed by atoms with Crippen molar-refractivity contribution in [3.63, 3.8) is 0 Å². The van der Waals surface area contributed by atoms with Crippen LogP contribution in [0.1, 0.15) is 78.2 Å². The second-order valence-electron chi connectivity index (χ2n) is 11.8. The van der Waals surface area contributed by atoms with E-state index < -0.39 is 5.41 Å². The average Bonchev–Trinajstić information content (AvgIpc) is 3.39. The van der Waals surface area contributed by atoms with E-state index in [-0.39, 0.29) is 33.9 Å². The fourth-order valence-electron chi connectivity index (χ4n) is 8.05. The van der Waals surface area contributed by atoms with Crippen molar-refractivity contribution >= 4 is 18.3 Å². The molecule has 0 unspecified atom stereocenters. The van der Waals surface area contributed by atoms with E-state index in [0.717, 1.165) is 32.0 Å². The molecule has 33 heavy (non-hydrogen) atoms. The molecule has 0 radical (unpaired) electrons. The van der Waals surface area contributed by atoms with Gasteiger partial charge in [-0.2, -0.15) is 0 Å². The van der Waals surface area contributed by atoms with Gasteiger partial charge in [-0.1, -0.05) is 46.3 Å². The lowest BCUT2D eigenvalue weighted by atomic mass is 9.43. The third-order valence-corrected chi connectivity index (χ3v) is 9.79. The Kier molecular flexibility index (Phi) is 6.09. The van der Waals surface area contributed by atoms with Gasteiger partial charge in [0.1, 0.15) is 12.1 Å². The fraction of sp³-hybridized carbons (Fsp3) is 0.679. The first-order valence-corrected chi connectivity index (χ1v) is 12.5. The number of carbonyl (C=O) groups excluding carboxylic acids is 2. The van der Waals surface area contributed by atoms with E-state index in [1.807, 2.05) is 20.1 Å². The maximum absolute atomic E-state index is 12.8. The number of aldehydes is 1. The van der Waals surface area contributed by atoms with Gasteiger partial charge in [0, 0.05) is 35.9 Å². The van der Waals surface area contributed by atoms with Gasteiger partial charge < -0.3 is 14.9 Å². The molecule has 5 heteroatoms. The van der Waals surface area contributed by atoms with Gasteiger partial charge in [0.05, 0.1) is 19.1 Å². The molecular weight excluding hydrogens is 412 g/mol. The molecule has 0 spiro atoms. The summed E-state index contributed by atoms with van der Waals surface area (Å²) in [6.07, 6.45) is 13.6. The quantitative estimate of drug-likeness (QED) is 0.358. The number of rotatable bonds is 6. The average molecular weight is 453 g/mol. The first-order valence-electron chi connectivity index (χ1n) is 12.5. The predicted octanol–water partition coefficient (Wildman–Crippen LogP) is 5.36. The van der Waals surface area contributed by atoms with E-state index in [9.17, 15) is 9.59 Å². The van der Waals surface area contributed by atoms with Gasteiger partial charge in [0.25, 0.3) is 0 Å². The zero-order valence-electron chi connectivity index (χ0n) is 20.9. The SMILES string of the molecule is CC1(C)C(=O)CC[C@](C)([C@H]2CC[C@]3(C)C(=CC[C@H]3c3ccoc3)[C@]2(C)C=NCCN)[C@H]1C=O. The minimum absolute atomic E-state index is 0.0108. The van der Waals surface area contributed by atoms with E-state index in [4.69, 9.17) is 15.1 Å². The largest absolute Gasteiger partial charge is 0.472 e. The normalized spacial score (nSPS) is 40.6. The Morgan fingerprint density at radius 2 is 1.97 bits per heavy atom. The molecule has 180 valence electrons. The van der Waals surface area contributed by atoms with Crippen LogP contribution in [0.15, 0.2) is 39.7 Å². The number of hydrogen-bond donors (Lipinski definition) is 1. The summed E-state index contributed by atoms with van der Waals surface area (Å²) in [6, 6.07) is 2.09. The van der Waals surface area contributed by atoms with Gasteiger partial charge in [0.15, 0.2) is 0 Å². The zero-order valence-corrected chi connectivity index (χ0v) is 20.9. The van der Waals surface area contributed by atoms with Crippen LogP contribution in [0.4, 0.5) is 0 Å². The molecule has 1 aromatic rings. The van der Waals surface area contributed by atoms with Crippen molar-refractivity contribution in [1.82, 2.24) is 0 Å². The highest BCUT2D eigenvalue weighted by molar-refractivity contribution is 5.89. The van der Waals surface area contributed by atoms with Crippen LogP contribution in [0.5, 0.6) is 0 Å². The monoisotopic (exact) mass is 452 g/mol. The number of carbonyl (C=O) groups is 2. The van der Waals surface area contributed by atoms with Crippen molar-refractivity contribution < 1.29 is 14.0 Å². The number of aliphatic imine (C=N–C) groups is 1. The zero-order chi connectivity index (χ0) is 24.1. The second kappa shape index (κ2) is 8.33. The first kappa shape index (κ1) is 24.1. The van der Waals surface area contributed by atoms with E-state index >= 15 is 0 Å². The summed E-state index contributed by atoms with van der Waals surface area (Å²) in [5.41, 5.74) is 7.25. The van der Waals surface area contributed by atoms with Gasteiger partial charge in [-0.15, -0.1) is 0 Å². The van der Waals surface area contributed by atoms with E-state index in [1.54, 1.807) is 6.26 Å². The smallest absolute Gasteiger partial charge is 0.139 e. The highest BCUT2D eigenvalue weighted by atomic mass is 16.3. The molecule has 2 fully saturated rings. The number of hydrogen-bond acceptors (Lipinski definition) is 5. The van der Waals surface area contributed by atoms with Crippen LogP contribution in [0, 0.1) is 33.5 Å². The molecule has 5 nitrogen and oxygen atoms in total. The third kappa shape index (κ3) is 3.50. The number of nitrogens with zero attached hydrogens (tertiary/aromatic N) is 1. The molecule has 0 saturated heterocycles. The van der Waals surface area contributed by atoms with Gasteiger partial charge in [0.2, 0.25) is 0 Å². The summed E-state index contributed by atoms with van der Waals surface area (Å²) in [7, 11) is 0. The van der Waals surface area contributed by atoms with Gasteiger partial charge in [-0.05, 0) is 60.0 Å². The lowest BCUT2D eigenvalue weighted by molar-refractivity contribution is -0.152. The van der Waals surface area contributed by atoms with E-state index in [2.05, 4.69) is 39.1 Å². The lowest BCUT2D eigenvalue weighted by Crippen LogP contribution is -2.57. The lowest BCUT2D eigenvalue weighted by Gasteiger charge is -2.60. The second-order valence-corrected chi connectivity index (χ2v) is 11.8.